The number of para-hydroxylation sites is 1. The largest absolute Gasteiger partial charge is 0.366 e. The van der Waals surface area contributed by atoms with E-state index in [0.717, 1.165) is 31.9 Å². The van der Waals surface area contributed by atoms with Gasteiger partial charge in [-0.2, -0.15) is 0 Å². The van der Waals surface area contributed by atoms with E-state index >= 15 is 0 Å². The molecule has 1 aliphatic heterocycles. The monoisotopic (exact) mass is 245 g/mol. The Kier molecular flexibility index (Phi) is 3.36. The van der Waals surface area contributed by atoms with Crippen molar-refractivity contribution in [1.82, 2.24) is 5.01 Å². The van der Waals surface area contributed by atoms with Crippen molar-refractivity contribution in [1.29, 1.82) is 0 Å². The molecule has 0 unspecified atom stereocenters. The lowest BCUT2D eigenvalue weighted by molar-refractivity contribution is 0.266. The number of nitrogens with two attached hydrogens (primary N) is 1. The third-order valence-corrected chi connectivity index (χ3v) is 3.18. The van der Waals surface area contributed by atoms with Gasteiger partial charge in [-0.15, -0.1) is 0 Å². The Morgan fingerprint density at radius 1 is 1.00 bits per heavy atom. The van der Waals surface area contributed by atoms with Crippen molar-refractivity contribution in [3.8, 4) is 0 Å². The summed E-state index contributed by atoms with van der Waals surface area (Å²) in [5.41, 5.74) is 0.925. The fourth-order valence-electron chi connectivity index (χ4n) is 1.74. The summed E-state index contributed by atoms with van der Waals surface area (Å²) in [4.78, 5) is 2.17. The zero-order valence-electron chi connectivity index (χ0n) is 8.29. The molecule has 0 saturated carbocycles. The van der Waals surface area contributed by atoms with Crippen molar-refractivity contribution in [3.05, 3.63) is 28.2 Å². The van der Waals surface area contributed by atoms with Crippen molar-refractivity contribution < 1.29 is 0 Å². The highest BCUT2D eigenvalue weighted by Crippen LogP contribution is 2.33. The smallest absolute Gasteiger partial charge is 0.0745 e. The first-order chi connectivity index (χ1) is 7.18. The van der Waals surface area contributed by atoms with Gasteiger partial charge < -0.3 is 4.90 Å². The first kappa shape index (κ1) is 11.0. The van der Waals surface area contributed by atoms with Crippen LogP contribution in [0.15, 0.2) is 18.2 Å². The molecule has 1 aromatic carbocycles. The summed E-state index contributed by atoms with van der Waals surface area (Å²) in [5, 5.41) is 3.21. The predicted octanol–water partition coefficient (Wildman–Crippen LogP) is 1.99. The Morgan fingerprint density at radius 2 is 1.53 bits per heavy atom. The molecule has 15 heavy (non-hydrogen) atoms. The molecule has 2 N–H and O–H groups in total. The molecule has 0 amide bonds. The topological polar surface area (TPSA) is 32.5 Å². The SMILES string of the molecule is NN1CCN(c2c(Cl)cccc2Cl)CC1. The van der Waals surface area contributed by atoms with Crippen LogP contribution >= 0.6 is 23.2 Å². The maximum Gasteiger partial charge on any atom is 0.0745 e. The number of anilines is 1. The third-order valence-electron chi connectivity index (χ3n) is 2.57. The standard InChI is InChI=1S/C10H13Cl2N3/c11-8-2-1-3-9(12)10(8)14-4-6-15(13)7-5-14/h1-3H,4-7,13H2. The van der Waals surface area contributed by atoms with Gasteiger partial charge >= 0.3 is 0 Å². The number of nitrogens with zero attached hydrogens (tertiary/aromatic N) is 2. The van der Waals surface area contributed by atoms with Gasteiger partial charge in [0, 0.05) is 26.2 Å². The summed E-state index contributed by atoms with van der Waals surface area (Å²) in [5.74, 6) is 5.69. The average molecular weight is 246 g/mol. The van der Waals surface area contributed by atoms with E-state index < -0.39 is 0 Å². The van der Waals surface area contributed by atoms with Crippen molar-refractivity contribution in [2.24, 2.45) is 5.84 Å². The summed E-state index contributed by atoms with van der Waals surface area (Å²) >= 11 is 12.3. The number of halogens is 2. The van der Waals surface area contributed by atoms with Crippen LogP contribution in [0.1, 0.15) is 0 Å². The lowest BCUT2D eigenvalue weighted by Crippen LogP contribution is -2.49. The molecule has 1 saturated heterocycles. The second kappa shape index (κ2) is 4.58. The minimum Gasteiger partial charge on any atom is -0.366 e. The van der Waals surface area contributed by atoms with Crippen LogP contribution in [0.5, 0.6) is 0 Å². The van der Waals surface area contributed by atoms with E-state index in [1.165, 1.54) is 0 Å². The van der Waals surface area contributed by atoms with Gasteiger partial charge in [0.1, 0.15) is 0 Å². The maximum atomic E-state index is 6.13. The van der Waals surface area contributed by atoms with Crippen LogP contribution < -0.4 is 10.7 Å². The van der Waals surface area contributed by atoms with Gasteiger partial charge in [0.2, 0.25) is 0 Å². The van der Waals surface area contributed by atoms with Crippen LogP contribution in [0, 0.1) is 0 Å². The zero-order valence-corrected chi connectivity index (χ0v) is 9.80. The molecule has 0 bridgehead atoms. The van der Waals surface area contributed by atoms with E-state index in [2.05, 4.69) is 4.90 Å². The van der Waals surface area contributed by atoms with Gasteiger partial charge in [0.25, 0.3) is 0 Å². The van der Waals surface area contributed by atoms with Gasteiger partial charge in [-0.3, -0.25) is 5.84 Å². The first-order valence-corrected chi connectivity index (χ1v) is 5.62. The van der Waals surface area contributed by atoms with Crippen molar-refractivity contribution in [2.45, 2.75) is 0 Å². The average Bonchev–Trinajstić information content (AvgIpc) is 2.20. The van der Waals surface area contributed by atoms with E-state index in [0.29, 0.717) is 10.0 Å². The number of hydrogen-bond donors (Lipinski definition) is 1. The third kappa shape index (κ3) is 2.37. The predicted molar refractivity (Wildman–Crippen MR) is 64.4 cm³/mol. The Labute approximate surface area is 99.3 Å². The molecule has 0 radical (unpaired) electrons. The van der Waals surface area contributed by atoms with Crippen LogP contribution in [0.4, 0.5) is 5.69 Å². The highest BCUT2D eigenvalue weighted by molar-refractivity contribution is 6.39. The van der Waals surface area contributed by atoms with Crippen LogP contribution in [0.3, 0.4) is 0 Å². The summed E-state index contributed by atoms with van der Waals surface area (Å²) in [6, 6.07) is 5.57. The molecule has 0 aliphatic carbocycles. The highest BCUT2D eigenvalue weighted by atomic mass is 35.5. The summed E-state index contributed by atoms with van der Waals surface area (Å²) in [6.07, 6.45) is 0. The molecule has 1 aromatic rings. The maximum absolute atomic E-state index is 6.13. The first-order valence-electron chi connectivity index (χ1n) is 4.87. The minimum atomic E-state index is 0.702. The molecule has 0 atom stereocenters. The zero-order chi connectivity index (χ0) is 10.8. The van der Waals surface area contributed by atoms with E-state index in [1.807, 2.05) is 18.2 Å². The van der Waals surface area contributed by atoms with Gasteiger partial charge in [-0.1, -0.05) is 29.3 Å². The summed E-state index contributed by atoms with van der Waals surface area (Å²) < 4.78 is 0. The van der Waals surface area contributed by atoms with E-state index in [9.17, 15) is 0 Å². The molecule has 1 heterocycles. The Balaban J connectivity index is 2.22. The Morgan fingerprint density at radius 3 is 2.07 bits per heavy atom. The molecule has 82 valence electrons. The lowest BCUT2D eigenvalue weighted by Gasteiger charge is -2.34. The summed E-state index contributed by atoms with van der Waals surface area (Å²) in [7, 11) is 0. The van der Waals surface area contributed by atoms with Crippen LogP contribution in [-0.2, 0) is 0 Å². The summed E-state index contributed by atoms with van der Waals surface area (Å²) in [6.45, 7) is 3.39. The fourth-order valence-corrected chi connectivity index (χ4v) is 2.37. The number of benzene rings is 1. The fraction of sp³-hybridized carbons (Fsp3) is 0.400. The van der Waals surface area contributed by atoms with Crippen molar-refractivity contribution in [2.75, 3.05) is 31.1 Å². The lowest BCUT2D eigenvalue weighted by atomic mass is 10.2. The molecule has 2 rings (SSSR count). The van der Waals surface area contributed by atoms with E-state index in [-0.39, 0.29) is 0 Å². The van der Waals surface area contributed by atoms with Crippen LogP contribution in [0.2, 0.25) is 10.0 Å². The van der Waals surface area contributed by atoms with Gasteiger partial charge in [-0.25, -0.2) is 5.01 Å². The molecular weight excluding hydrogens is 233 g/mol. The van der Waals surface area contributed by atoms with Gasteiger partial charge in [-0.05, 0) is 12.1 Å². The second-order valence-corrected chi connectivity index (χ2v) is 4.41. The number of hydrazine groups is 1. The van der Waals surface area contributed by atoms with Gasteiger partial charge in [0.15, 0.2) is 0 Å². The molecule has 1 aliphatic rings. The number of hydrogen-bond acceptors (Lipinski definition) is 3. The molecule has 3 nitrogen and oxygen atoms in total. The molecule has 0 aromatic heterocycles. The van der Waals surface area contributed by atoms with Crippen LogP contribution in [-0.4, -0.2) is 31.2 Å². The normalized spacial score (nSPS) is 18.2. The van der Waals surface area contributed by atoms with Crippen LogP contribution in [0.25, 0.3) is 0 Å². The Hall–Kier alpha value is -0.480. The highest BCUT2D eigenvalue weighted by Gasteiger charge is 2.18. The Bertz CT molecular complexity index is 328. The minimum absolute atomic E-state index is 0.702. The molecule has 5 heteroatoms. The molecule has 1 fully saturated rings. The van der Waals surface area contributed by atoms with E-state index in [1.54, 1.807) is 5.01 Å². The second-order valence-electron chi connectivity index (χ2n) is 3.59. The quantitative estimate of drug-likeness (QED) is 0.769. The number of piperazine rings is 1. The van der Waals surface area contributed by atoms with Crippen molar-refractivity contribution >= 4 is 28.9 Å². The number of rotatable bonds is 1. The van der Waals surface area contributed by atoms with E-state index in [4.69, 9.17) is 29.0 Å². The molecule has 0 spiro atoms. The van der Waals surface area contributed by atoms with Crippen molar-refractivity contribution in [3.63, 3.8) is 0 Å². The van der Waals surface area contributed by atoms with Gasteiger partial charge in [0.05, 0.1) is 15.7 Å². The molecular formula is C10H13Cl2N3.